The highest BCUT2D eigenvalue weighted by molar-refractivity contribution is 7.18. The number of benzene rings is 2. The molecule has 0 saturated heterocycles. The summed E-state index contributed by atoms with van der Waals surface area (Å²) in [6.45, 7) is 4.23. The highest BCUT2D eigenvalue weighted by Crippen LogP contribution is 2.34. The summed E-state index contributed by atoms with van der Waals surface area (Å²) < 4.78 is 7.05. The number of fused-ring (bicyclic) bond motifs is 2. The van der Waals surface area contributed by atoms with Crippen LogP contribution in [0.2, 0.25) is 0 Å². The number of ether oxygens (including phenoxy) is 1. The van der Waals surface area contributed by atoms with E-state index in [1.807, 2.05) is 43.3 Å². The Morgan fingerprint density at radius 2 is 2.08 bits per heavy atom. The van der Waals surface area contributed by atoms with Crippen molar-refractivity contribution in [3.8, 4) is 11.5 Å². The van der Waals surface area contributed by atoms with Gasteiger partial charge in [0.25, 0.3) is 0 Å². The molecular formula is C22H23NO2S. The third-order valence-electron chi connectivity index (χ3n) is 5.34. The molecule has 1 aromatic heterocycles. The van der Waals surface area contributed by atoms with Gasteiger partial charge in [0.15, 0.2) is 5.43 Å². The Morgan fingerprint density at radius 3 is 2.88 bits per heavy atom. The molecule has 3 nitrogen and oxygen atoms in total. The first-order valence-electron chi connectivity index (χ1n) is 9.17. The van der Waals surface area contributed by atoms with Crippen molar-refractivity contribution in [3.63, 3.8) is 0 Å². The molecule has 4 heteroatoms. The zero-order chi connectivity index (χ0) is 18.3. The van der Waals surface area contributed by atoms with Crippen LogP contribution in [0.3, 0.4) is 0 Å². The van der Waals surface area contributed by atoms with E-state index in [4.69, 9.17) is 10.5 Å². The number of aryl methyl sites for hydroxylation is 1. The summed E-state index contributed by atoms with van der Waals surface area (Å²) in [6.07, 6.45) is 4.25. The Labute approximate surface area is 157 Å². The average Bonchev–Trinajstić information content (AvgIpc) is 2.64. The van der Waals surface area contributed by atoms with Crippen LogP contribution in [0, 0.1) is 12.8 Å². The van der Waals surface area contributed by atoms with Crippen LogP contribution in [0.4, 0.5) is 5.69 Å². The predicted molar refractivity (Wildman–Crippen MR) is 110 cm³/mol. The van der Waals surface area contributed by atoms with Gasteiger partial charge in [-0.15, -0.1) is 11.3 Å². The number of hydrogen-bond acceptors (Lipinski definition) is 4. The molecule has 0 amide bonds. The van der Waals surface area contributed by atoms with Gasteiger partial charge in [0.2, 0.25) is 0 Å². The van der Waals surface area contributed by atoms with Gasteiger partial charge in [-0.3, -0.25) is 4.79 Å². The van der Waals surface area contributed by atoms with Crippen LogP contribution in [0.15, 0.2) is 41.2 Å². The topological polar surface area (TPSA) is 52.3 Å². The maximum Gasteiger partial charge on any atom is 0.191 e. The van der Waals surface area contributed by atoms with Gasteiger partial charge in [0.1, 0.15) is 11.5 Å². The van der Waals surface area contributed by atoms with E-state index < -0.39 is 0 Å². The third kappa shape index (κ3) is 3.10. The molecule has 1 heterocycles. The minimum absolute atomic E-state index is 0.204. The molecule has 26 heavy (non-hydrogen) atoms. The molecule has 1 unspecified atom stereocenters. The summed E-state index contributed by atoms with van der Waals surface area (Å²) in [6, 6.07) is 11.4. The standard InChI is InChI=1S/C22H23NO2S/c1-3-14-5-8-17-20(10-14)26-21-12-16(7-9-18(21)22(17)24)25-19-11-15(23)6-4-13(19)2/h4,6-7,9,11-12,14H,3,5,8,10,23H2,1-2H3. The molecule has 0 radical (unpaired) electrons. The average molecular weight is 365 g/mol. The van der Waals surface area contributed by atoms with E-state index in [0.717, 1.165) is 52.0 Å². The fourth-order valence-corrected chi connectivity index (χ4v) is 5.00. The largest absolute Gasteiger partial charge is 0.457 e. The highest BCUT2D eigenvalue weighted by Gasteiger charge is 2.22. The van der Waals surface area contributed by atoms with Crippen LogP contribution in [-0.4, -0.2) is 0 Å². The van der Waals surface area contributed by atoms with E-state index in [0.29, 0.717) is 11.6 Å². The Kier molecular flexibility index (Phi) is 4.45. The number of nitrogen functional groups attached to an aromatic ring is 1. The minimum Gasteiger partial charge on any atom is -0.457 e. The Balaban J connectivity index is 1.75. The lowest BCUT2D eigenvalue weighted by Crippen LogP contribution is -2.20. The quantitative estimate of drug-likeness (QED) is 0.627. The molecule has 1 aliphatic rings. The molecule has 2 aromatic carbocycles. The van der Waals surface area contributed by atoms with Crippen molar-refractivity contribution in [1.29, 1.82) is 0 Å². The number of hydrogen-bond donors (Lipinski definition) is 1. The molecule has 0 saturated carbocycles. The van der Waals surface area contributed by atoms with Crippen molar-refractivity contribution in [3.05, 3.63) is 62.6 Å². The molecule has 134 valence electrons. The minimum atomic E-state index is 0.204. The lowest BCUT2D eigenvalue weighted by molar-refractivity contribution is 0.448. The molecule has 0 bridgehead atoms. The molecule has 0 aliphatic heterocycles. The first kappa shape index (κ1) is 17.1. The first-order valence-corrected chi connectivity index (χ1v) is 9.99. The smallest absolute Gasteiger partial charge is 0.191 e. The van der Waals surface area contributed by atoms with Gasteiger partial charge < -0.3 is 10.5 Å². The fourth-order valence-electron chi connectivity index (χ4n) is 3.65. The van der Waals surface area contributed by atoms with Crippen molar-refractivity contribution in [2.24, 2.45) is 5.92 Å². The molecule has 0 fully saturated rings. The normalized spacial score (nSPS) is 16.5. The van der Waals surface area contributed by atoms with Crippen molar-refractivity contribution in [2.75, 3.05) is 5.73 Å². The Morgan fingerprint density at radius 1 is 1.23 bits per heavy atom. The van der Waals surface area contributed by atoms with Crippen molar-refractivity contribution in [1.82, 2.24) is 0 Å². The van der Waals surface area contributed by atoms with E-state index in [9.17, 15) is 4.79 Å². The molecule has 1 atom stereocenters. The van der Waals surface area contributed by atoms with Gasteiger partial charge in [-0.2, -0.15) is 0 Å². The van der Waals surface area contributed by atoms with Crippen molar-refractivity contribution < 1.29 is 4.74 Å². The monoisotopic (exact) mass is 365 g/mol. The fraction of sp³-hybridized carbons (Fsp3) is 0.318. The van der Waals surface area contributed by atoms with E-state index in [1.165, 1.54) is 11.3 Å². The molecule has 2 N–H and O–H groups in total. The van der Waals surface area contributed by atoms with Crippen molar-refractivity contribution >= 4 is 27.1 Å². The molecule has 0 spiro atoms. The third-order valence-corrected chi connectivity index (χ3v) is 6.55. The summed E-state index contributed by atoms with van der Waals surface area (Å²) in [5, 5.41) is 0.806. The first-order chi connectivity index (χ1) is 12.5. The lowest BCUT2D eigenvalue weighted by Gasteiger charge is -2.22. The molecule has 1 aliphatic carbocycles. The second-order valence-electron chi connectivity index (χ2n) is 7.13. The zero-order valence-corrected chi connectivity index (χ0v) is 16.0. The van der Waals surface area contributed by atoms with Gasteiger partial charge in [0, 0.05) is 32.3 Å². The second kappa shape index (κ2) is 6.76. The number of anilines is 1. The van der Waals surface area contributed by atoms with Crippen molar-refractivity contribution in [2.45, 2.75) is 39.5 Å². The van der Waals surface area contributed by atoms with Gasteiger partial charge in [-0.1, -0.05) is 19.4 Å². The van der Waals surface area contributed by atoms with Crippen LogP contribution in [0.1, 0.15) is 35.8 Å². The van der Waals surface area contributed by atoms with E-state index in [2.05, 4.69) is 6.92 Å². The van der Waals surface area contributed by atoms with Crippen LogP contribution < -0.4 is 15.9 Å². The predicted octanol–water partition coefficient (Wildman–Crippen LogP) is 5.46. The summed E-state index contributed by atoms with van der Waals surface area (Å²) >= 11 is 1.75. The second-order valence-corrected chi connectivity index (χ2v) is 8.27. The summed E-state index contributed by atoms with van der Waals surface area (Å²) in [5.41, 5.74) is 8.82. The van der Waals surface area contributed by atoms with Gasteiger partial charge in [-0.25, -0.2) is 0 Å². The highest BCUT2D eigenvalue weighted by atomic mass is 32.1. The molecule has 4 rings (SSSR count). The van der Waals surface area contributed by atoms with E-state index in [1.54, 1.807) is 11.3 Å². The maximum atomic E-state index is 12.9. The molecule has 3 aromatic rings. The van der Waals surface area contributed by atoms with Crippen LogP contribution in [0.25, 0.3) is 10.1 Å². The van der Waals surface area contributed by atoms with Crippen LogP contribution in [-0.2, 0) is 12.8 Å². The number of nitrogens with two attached hydrogens (primary N) is 1. The maximum absolute atomic E-state index is 12.9. The Bertz CT molecular complexity index is 1040. The SMILES string of the molecule is CCC1CCc2c(sc3cc(Oc4cc(N)ccc4C)ccc3c2=O)C1. The van der Waals surface area contributed by atoms with Gasteiger partial charge in [-0.05, 0) is 61.9 Å². The summed E-state index contributed by atoms with van der Waals surface area (Å²) in [7, 11) is 0. The van der Waals surface area contributed by atoms with Gasteiger partial charge >= 0.3 is 0 Å². The zero-order valence-electron chi connectivity index (χ0n) is 15.2. The summed E-state index contributed by atoms with van der Waals surface area (Å²) in [5.74, 6) is 2.19. The van der Waals surface area contributed by atoms with Crippen LogP contribution >= 0.6 is 11.3 Å². The summed E-state index contributed by atoms with van der Waals surface area (Å²) in [4.78, 5) is 14.1. The lowest BCUT2D eigenvalue weighted by atomic mass is 9.87. The number of rotatable bonds is 3. The Hall–Kier alpha value is -2.33. The van der Waals surface area contributed by atoms with Gasteiger partial charge in [0.05, 0.1) is 0 Å². The molecular weight excluding hydrogens is 342 g/mol. The van der Waals surface area contributed by atoms with E-state index >= 15 is 0 Å². The van der Waals surface area contributed by atoms with E-state index in [-0.39, 0.29) is 5.43 Å². The van der Waals surface area contributed by atoms with Crippen LogP contribution in [0.5, 0.6) is 11.5 Å².